The molecule has 15 atom stereocenters. The number of fused-ring (bicyclic) bond motifs is 2. The van der Waals surface area contributed by atoms with Gasteiger partial charge in [0.05, 0.1) is 30.8 Å². The number of epoxide rings is 1. The lowest BCUT2D eigenvalue weighted by Crippen LogP contribution is -2.50. The molecule has 4 aliphatic rings. The predicted molar refractivity (Wildman–Crippen MR) is 200 cm³/mol. The number of carbonyl (C=O) groups excluding carboxylic acids is 3. The molecule has 1 amide bonds. The van der Waals surface area contributed by atoms with Gasteiger partial charge in [-0.1, -0.05) is 58.9 Å². The fourth-order valence-electron chi connectivity index (χ4n) is 8.43. The smallest absolute Gasteiger partial charge is 0.404 e. The fourth-order valence-corrected chi connectivity index (χ4v) is 8.43. The van der Waals surface area contributed by atoms with Gasteiger partial charge in [-0.2, -0.15) is 0 Å². The van der Waals surface area contributed by atoms with Gasteiger partial charge in [-0.25, -0.2) is 4.79 Å². The predicted octanol–water partition coefficient (Wildman–Crippen LogP) is 5.18. The standard InChI is InChI=1S/C41H65NO12/c1-10-31(43)40(9)38(54-40)26(6)19-25(5)37-27(7)34(45)22(2)15-16-29(50-33-20-30(51-39(42)47)35(46)28(8)49-33)14-12-11-13-23(3)36-24(4)17-18-41(48,53-36)21-32(44)52-37/h13,15-17,22,25-30,33-38,45-46,48H,10-12,14,18-21H2,1-9H3,(H2,42,47)/b16-15+,23-13+/t22-,25+,26-,27-,28-,29+,30-,33+,34-,35-,36-,37+,38-,40+,41+/m1/s1. The van der Waals surface area contributed by atoms with E-state index in [-0.39, 0.29) is 43.0 Å². The molecular weight excluding hydrogens is 698 g/mol. The number of carbonyl (C=O) groups is 3. The molecule has 0 saturated carbocycles. The summed E-state index contributed by atoms with van der Waals surface area (Å²) in [6, 6.07) is 0. The topological polar surface area (TPSA) is 197 Å². The summed E-state index contributed by atoms with van der Waals surface area (Å²) in [4.78, 5) is 37.8. The average molecular weight is 764 g/mol. The van der Waals surface area contributed by atoms with E-state index in [1.54, 1.807) is 6.92 Å². The van der Waals surface area contributed by atoms with Crippen molar-refractivity contribution >= 4 is 17.8 Å². The number of ether oxygens (including phenoxy) is 6. The number of hydrogen-bond donors (Lipinski definition) is 4. The Labute approximate surface area is 320 Å². The quantitative estimate of drug-likeness (QED) is 0.137. The van der Waals surface area contributed by atoms with Crippen LogP contribution in [-0.2, 0) is 38.0 Å². The van der Waals surface area contributed by atoms with Gasteiger partial charge in [0.2, 0.25) is 0 Å². The average Bonchev–Trinajstić information content (AvgIpc) is 3.81. The van der Waals surface area contributed by atoms with Crippen LogP contribution in [0.2, 0.25) is 0 Å². The summed E-state index contributed by atoms with van der Waals surface area (Å²) < 4.78 is 35.8. The molecule has 0 aromatic heterocycles. The maximum atomic E-state index is 13.7. The summed E-state index contributed by atoms with van der Waals surface area (Å²) in [5, 5.41) is 33.9. The zero-order chi connectivity index (χ0) is 40.1. The molecular formula is C41H65NO12. The van der Waals surface area contributed by atoms with Gasteiger partial charge >= 0.3 is 12.1 Å². The molecule has 2 bridgehead atoms. The van der Waals surface area contributed by atoms with Gasteiger partial charge in [0.25, 0.3) is 0 Å². The molecule has 4 aliphatic heterocycles. The Balaban J connectivity index is 1.60. The molecule has 0 aromatic rings. The molecule has 2 saturated heterocycles. The molecule has 0 unspecified atom stereocenters. The van der Waals surface area contributed by atoms with Crippen LogP contribution in [0.3, 0.4) is 0 Å². The van der Waals surface area contributed by atoms with Crippen molar-refractivity contribution in [3.8, 4) is 0 Å². The Morgan fingerprint density at radius 1 is 1.04 bits per heavy atom. The number of rotatable bonds is 9. The molecule has 0 radical (unpaired) electrons. The molecule has 13 nitrogen and oxygen atoms in total. The number of ketones is 1. The molecule has 0 spiro atoms. The second-order valence-electron chi connectivity index (χ2n) is 16.5. The van der Waals surface area contributed by atoms with Crippen LogP contribution in [0.4, 0.5) is 4.79 Å². The lowest BCUT2D eigenvalue weighted by Gasteiger charge is -2.38. The number of allylic oxidation sites excluding steroid dienone is 1. The maximum absolute atomic E-state index is 13.7. The molecule has 306 valence electrons. The first kappa shape index (κ1) is 44.1. The highest BCUT2D eigenvalue weighted by atomic mass is 16.7. The maximum Gasteiger partial charge on any atom is 0.404 e. The van der Waals surface area contributed by atoms with Crippen LogP contribution in [0.15, 0.2) is 35.5 Å². The minimum Gasteiger partial charge on any atom is -0.462 e. The van der Waals surface area contributed by atoms with Crippen LogP contribution in [0.25, 0.3) is 0 Å². The van der Waals surface area contributed by atoms with Crippen molar-refractivity contribution in [1.82, 2.24) is 0 Å². The highest BCUT2D eigenvalue weighted by molar-refractivity contribution is 5.89. The van der Waals surface area contributed by atoms with Crippen LogP contribution in [0, 0.1) is 23.7 Å². The number of primary amides is 1. The van der Waals surface area contributed by atoms with Gasteiger partial charge in [-0.15, -0.1) is 0 Å². The van der Waals surface area contributed by atoms with Gasteiger partial charge in [0.1, 0.15) is 24.4 Å². The van der Waals surface area contributed by atoms with Crippen molar-refractivity contribution in [2.75, 3.05) is 0 Å². The third-order valence-corrected chi connectivity index (χ3v) is 11.8. The number of cyclic esters (lactones) is 1. The number of esters is 1. The normalized spacial score (nSPS) is 42.4. The SMILES string of the molecule is CCC(=O)[C@]1(C)O[C@@H]1[C@H](C)C[C@H](C)[C@@H]1OC(=O)C[C@]2(O)CC=C(C)[C@H](O2)/C(C)=C/CCC[C@H](O[C@H]2C[C@@H](OC(N)=O)[C@H](O)[C@@H](C)O2)/C=C/[C@@H](C)[C@@H](O)[C@H]1C. The van der Waals surface area contributed by atoms with Crippen LogP contribution >= 0.6 is 0 Å². The summed E-state index contributed by atoms with van der Waals surface area (Å²) in [6.45, 7) is 16.9. The van der Waals surface area contributed by atoms with Crippen LogP contribution in [-0.4, -0.2) is 99.7 Å². The van der Waals surface area contributed by atoms with E-state index in [1.165, 1.54) is 0 Å². The number of amides is 1. The molecule has 4 rings (SSSR count). The zero-order valence-corrected chi connectivity index (χ0v) is 33.6. The monoisotopic (exact) mass is 763 g/mol. The van der Waals surface area contributed by atoms with Crippen molar-refractivity contribution in [1.29, 1.82) is 0 Å². The van der Waals surface area contributed by atoms with Gasteiger partial charge in [-0.05, 0) is 76.4 Å². The highest BCUT2D eigenvalue weighted by Gasteiger charge is 2.59. The summed E-state index contributed by atoms with van der Waals surface area (Å²) in [7, 11) is 0. The van der Waals surface area contributed by atoms with Crippen LogP contribution in [0.1, 0.15) is 114 Å². The minimum atomic E-state index is -1.77. The van der Waals surface area contributed by atoms with Crippen molar-refractivity contribution in [2.24, 2.45) is 29.4 Å². The van der Waals surface area contributed by atoms with E-state index in [2.05, 4.69) is 6.08 Å². The van der Waals surface area contributed by atoms with Crippen LogP contribution in [0.5, 0.6) is 0 Å². The van der Waals surface area contributed by atoms with E-state index in [0.29, 0.717) is 32.1 Å². The first-order valence-electron chi connectivity index (χ1n) is 19.7. The van der Waals surface area contributed by atoms with Crippen molar-refractivity contribution in [3.63, 3.8) is 0 Å². The first-order valence-corrected chi connectivity index (χ1v) is 19.7. The number of aliphatic hydroxyl groups is 3. The van der Waals surface area contributed by atoms with Gasteiger partial charge in [0, 0.05) is 31.1 Å². The summed E-state index contributed by atoms with van der Waals surface area (Å²) in [5.41, 5.74) is 6.26. The molecule has 5 N–H and O–H groups in total. The largest absolute Gasteiger partial charge is 0.462 e. The summed E-state index contributed by atoms with van der Waals surface area (Å²) in [6.07, 6.45) is 3.12. The van der Waals surface area contributed by atoms with Gasteiger partial charge in [-0.3, -0.25) is 9.59 Å². The number of nitrogens with two attached hydrogens (primary N) is 1. The van der Waals surface area contributed by atoms with E-state index in [1.807, 2.05) is 73.6 Å². The van der Waals surface area contributed by atoms with Crippen molar-refractivity contribution < 1.29 is 58.1 Å². The lowest BCUT2D eigenvalue weighted by atomic mass is 9.79. The Hall–Kier alpha value is -2.65. The second kappa shape index (κ2) is 18.5. The number of Topliss-reactive ketones (excluding diaryl/α,β-unsaturated/α-hetero) is 1. The van der Waals surface area contributed by atoms with E-state index in [0.717, 1.165) is 11.1 Å². The van der Waals surface area contributed by atoms with E-state index in [4.69, 9.17) is 34.2 Å². The lowest BCUT2D eigenvalue weighted by molar-refractivity contribution is -0.254. The molecule has 0 aromatic carbocycles. The van der Waals surface area contributed by atoms with Crippen molar-refractivity contribution in [3.05, 3.63) is 35.5 Å². The molecule has 54 heavy (non-hydrogen) atoms. The molecule has 13 heteroatoms. The molecule has 0 aliphatic carbocycles. The third kappa shape index (κ3) is 11.0. The third-order valence-electron chi connectivity index (χ3n) is 11.8. The van der Waals surface area contributed by atoms with Crippen molar-refractivity contribution in [2.45, 2.75) is 180 Å². The Morgan fingerprint density at radius 3 is 2.39 bits per heavy atom. The number of hydrogen-bond acceptors (Lipinski definition) is 12. The number of aliphatic hydroxyl groups excluding tert-OH is 2. The van der Waals surface area contributed by atoms with E-state index >= 15 is 0 Å². The highest BCUT2D eigenvalue weighted by Crippen LogP contribution is 2.45. The summed E-state index contributed by atoms with van der Waals surface area (Å²) >= 11 is 0. The fraction of sp³-hybridized carbons (Fsp3) is 0.780. The Bertz CT molecular complexity index is 1410. The first-order chi connectivity index (χ1) is 25.3. The Morgan fingerprint density at radius 2 is 1.72 bits per heavy atom. The zero-order valence-electron chi connectivity index (χ0n) is 33.6. The second-order valence-corrected chi connectivity index (χ2v) is 16.5. The Kier molecular flexibility index (Phi) is 15.1. The molecule has 2 fully saturated rings. The molecule has 4 heterocycles. The van der Waals surface area contributed by atoms with Gasteiger partial charge in [0.15, 0.2) is 23.5 Å². The minimum absolute atomic E-state index is 0.0277. The van der Waals surface area contributed by atoms with E-state index in [9.17, 15) is 29.7 Å². The van der Waals surface area contributed by atoms with E-state index < -0.39 is 84.3 Å². The summed E-state index contributed by atoms with van der Waals surface area (Å²) in [5.74, 6) is -3.55. The van der Waals surface area contributed by atoms with Gasteiger partial charge < -0.3 is 49.5 Å². The van der Waals surface area contributed by atoms with Crippen LogP contribution < -0.4 is 5.73 Å².